The Balaban J connectivity index is 1.67. The fourth-order valence-corrected chi connectivity index (χ4v) is 4.78. The molecule has 0 heterocycles. The highest BCUT2D eigenvalue weighted by molar-refractivity contribution is 6.01. The van der Waals surface area contributed by atoms with Crippen molar-refractivity contribution in [1.82, 2.24) is 0 Å². The third-order valence-electron chi connectivity index (χ3n) is 6.45. The molecule has 0 aromatic heterocycles. The molecular weight excluding hydrogens is 422 g/mol. The Morgan fingerprint density at radius 3 is 1.71 bits per heavy atom. The van der Waals surface area contributed by atoms with E-state index >= 15 is 0 Å². The maximum atomic E-state index is 2.40. The number of hydrogen-bond donors (Lipinski definition) is 0. The second-order valence-corrected chi connectivity index (χ2v) is 8.63. The molecule has 166 valence electrons. The summed E-state index contributed by atoms with van der Waals surface area (Å²) in [6.45, 7) is 0. The third kappa shape index (κ3) is 4.09. The Hall–Kier alpha value is -4.62. The van der Waals surface area contributed by atoms with Gasteiger partial charge in [0.1, 0.15) is 0 Å². The zero-order chi connectivity index (χ0) is 23.5. The van der Waals surface area contributed by atoms with Gasteiger partial charge in [0.25, 0.3) is 0 Å². The monoisotopic (exact) mass is 447 g/mol. The second-order valence-electron chi connectivity index (χ2n) is 8.63. The second kappa shape index (κ2) is 9.32. The van der Waals surface area contributed by atoms with Crippen molar-refractivity contribution >= 4 is 27.8 Å². The summed E-state index contributed by atoms with van der Waals surface area (Å²) in [6, 6.07) is 53.9. The molecule has 0 fully saturated rings. The van der Waals surface area contributed by atoms with Crippen LogP contribution in [0.15, 0.2) is 152 Å². The first-order valence-corrected chi connectivity index (χ1v) is 12.0. The predicted molar refractivity (Wildman–Crippen MR) is 150 cm³/mol. The zero-order valence-corrected chi connectivity index (χ0v) is 19.4. The molecule has 0 radical (unpaired) electrons. The lowest BCUT2D eigenvalue weighted by atomic mass is 9.96. The van der Waals surface area contributed by atoms with E-state index in [2.05, 4.69) is 157 Å². The number of nitrogens with zero attached hydrogens (tertiary/aromatic N) is 1. The van der Waals surface area contributed by atoms with Crippen LogP contribution in [0.25, 0.3) is 33.0 Å². The largest absolute Gasteiger partial charge is 0.309 e. The third-order valence-corrected chi connectivity index (χ3v) is 6.45. The predicted octanol–water partition coefficient (Wildman–Crippen LogP) is 9.64. The van der Waals surface area contributed by atoms with E-state index in [0.29, 0.717) is 0 Å². The molecule has 6 aromatic carbocycles. The highest BCUT2D eigenvalue weighted by Crippen LogP contribution is 2.44. The van der Waals surface area contributed by atoms with Crippen LogP contribution in [0, 0.1) is 0 Å². The molecule has 0 N–H and O–H groups in total. The lowest BCUT2D eigenvalue weighted by Crippen LogP contribution is -2.12. The molecule has 0 saturated carbocycles. The van der Waals surface area contributed by atoms with E-state index in [9.17, 15) is 0 Å². The van der Waals surface area contributed by atoms with Crippen LogP contribution in [-0.4, -0.2) is 0 Å². The quantitative estimate of drug-likeness (QED) is 0.254. The smallest absolute Gasteiger partial charge is 0.0546 e. The Kier molecular flexibility index (Phi) is 5.58. The van der Waals surface area contributed by atoms with Gasteiger partial charge >= 0.3 is 0 Å². The van der Waals surface area contributed by atoms with Gasteiger partial charge in [-0.2, -0.15) is 0 Å². The summed E-state index contributed by atoms with van der Waals surface area (Å²) in [6.07, 6.45) is 0. The molecular formula is C34H25N. The van der Waals surface area contributed by atoms with Crippen LogP contribution in [0.1, 0.15) is 0 Å². The van der Waals surface area contributed by atoms with E-state index in [1.54, 1.807) is 0 Å². The van der Waals surface area contributed by atoms with Crippen LogP contribution in [0.4, 0.5) is 17.1 Å². The van der Waals surface area contributed by atoms with E-state index in [4.69, 9.17) is 0 Å². The normalized spacial score (nSPS) is 10.9. The number of rotatable bonds is 5. The molecule has 0 saturated heterocycles. The Labute approximate surface area is 206 Å². The lowest BCUT2D eigenvalue weighted by molar-refractivity contribution is 1.30. The summed E-state index contributed by atoms with van der Waals surface area (Å²) >= 11 is 0. The van der Waals surface area contributed by atoms with Crippen molar-refractivity contribution in [2.24, 2.45) is 0 Å². The van der Waals surface area contributed by atoms with Gasteiger partial charge in [-0.15, -0.1) is 0 Å². The highest BCUT2D eigenvalue weighted by atomic mass is 15.1. The zero-order valence-electron chi connectivity index (χ0n) is 19.4. The fraction of sp³-hybridized carbons (Fsp3) is 0. The number of fused-ring (bicyclic) bond motifs is 1. The van der Waals surface area contributed by atoms with Crippen LogP contribution in [0.2, 0.25) is 0 Å². The Bertz CT molecular complexity index is 1570. The topological polar surface area (TPSA) is 3.24 Å². The standard InChI is InChI=1S/C34H25N/c1-4-13-26(14-5-1)29-23-24-32(27-15-6-2-7-16-27)34(25-29)35(30-19-8-3-9-20-30)33-22-12-18-28-17-10-11-21-31(28)33/h1-25H. The minimum absolute atomic E-state index is 1.13. The van der Waals surface area contributed by atoms with Gasteiger partial charge in [0.05, 0.1) is 11.4 Å². The molecule has 0 aliphatic heterocycles. The molecule has 6 aromatic rings. The molecule has 35 heavy (non-hydrogen) atoms. The van der Waals surface area contributed by atoms with Crippen molar-refractivity contribution in [3.05, 3.63) is 152 Å². The first kappa shape index (κ1) is 20.9. The molecule has 0 bridgehead atoms. The maximum Gasteiger partial charge on any atom is 0.0546 e. The van der Waals surface area contributed by atoms with Gasteiger partial charge in [0, 0.05) is 16.6 Å². The molecule has 6 rings (SSSR count). The Morgan fingerprint density at radius 1 is 0.371 bits per heavy atom. The number of para-hydroxylation sites is 1. The summed E-state index contributed by atoms with van der Waals surface area (Å²) in [4.78, 5) is 2.40. The van der Waals surface area contributed by atoms with E-state index in [1.165, 1.54) is 33.0 Å². The van der Waals surface area contributed by atoms with E-state index in [1.807, 2.05) is 0 Å². The Morgan fingerprint density at radius 2 is 0.971 bits per heavy atom. The molecule has 1 nitrogen and oxygen atoms in total. The van der Waals surface area contributed by atoms with Gasteiger partial charge in [-0.25, -0.2) is 0 Å². The van der Waals surface area contributed by atoms with E-state index < -0.39 is 0 Å². The van der Waals surface area contributed by atoms with Crippen molar-refractivity contribution in [3.63, 3.8) is 0 Å². The number of anilines is 3. The van der Waals surface area contributed by atoms with Gasteiger partial charge in [0.15, 0.2) is 0 Å². The average molecular weight is 448 g/mol. The van der Waals surface area contributed by atoms with E-state index in [0.717, 1.165) is 17.1 Å². The maximum absolute atomic E-state index is 2.40. The number of hydrogen-bond acceptors (Lipinski definition) is 1. The molecule has 1 heteroatoms. The summed E-state index contributed by atoms with van der Waals surface area (Å²) in [5, 5.41) is 2.45. The van der Waals surface area contributed by atoms with Gasteiger partial charge in [0.2, 0.25) is 0 Å². The molecule has 0 aliphatic carbocycles. The molecule has 0 spiro atoms. The summed E-state index contributed by atoms with van der Waals surface area (Å²) in [7, 11) is 0. The van der Waals surface area contributed by atoms with Crippen LogP contribution in [-0.2, 0) is 0 Å². The molecule has 0 atom stereocenters. The van der Waals surface area contributed by atoms with Crippen molar-refractivity contribution in [3.8, 4) is 22.3 Å². The van der Waals surface area contributed by atoms with Crippen molar-refractivity contribution in [1.29, 1.82) is 0 Å². The molecule has 0 amide bonds. The van der Waals surface area contributed by atoms with Crippen LogP contribution in [0.3, 0.4) is 0 Å². The van der Waals surface area contributed by atoms with Crippen molar-refractivity contribution in [2.75, 3.05) is 4.90 Å². The minimum Gasteiger partial charge on any atom is -0.309 e. The van der Waals surface area contributed by atoms with Crippen LogP contribution < -0.4 is 4.90 Å². The fourth-order valence-electron chi connectivity index (χ4n) is 4.78. The van der Waals surface area contributed by atoms with Crippen molar-refractivity contribution in [2.45, 2.75) is 0 Å². The highest BCUT2D eigenvalue weighted by Gasteiger charge is 2.19. The summed E-state index contributed by atoms with van der Waals surface area (Å²) in [5.41, 5.74) is 8.24. The van der Waals surface area contributed by atoms with Gasteiger partial charge in [-0.3, -0.25) is 0 Å². The van der Waals surface area contributed by atoms with Gasteiger partial charge < -0.3 is 4.90 Å². The number of benzene rings is 6. The molecule has 0 aliphatic rings. The van der Waals surface area contributed by atoms with Gasteiger partial charge in [-0.05, 0) is 46.3 Å². The average Bonchev–Trinajstić information content (AvgIpc) is 2.95. The van der Waals surface area contributed by atoms with Crippen molar-refractivity contribution < 1.29 is 0 Å². The van der Waals surface area contributed by atoms with Crippen LogP contribution in [0.5, 0.6) is 0 Å². The van der Waals surface area contributed by atoms with Gasteiger partial charge in [-0.1, -0.05) is 127 Å². The SMILES string of the molecule is c1ccc(-c2ccc(-c3ccccc3)c(N(c3ccccc3)c3cccc4ccccc34)c2)cc1. The first-order valence-electron chi connectivity index (χ1n) is 12.0. The molecule has 0 unspecified atom stereocenters. The van der Waals surface area contributed by atoms with E-state index in [-0.39, 0.29) is 0 Å². The minimum atomic E-state index is 1.13. The summed E-state index contributed by atoms with van der Waals surface area (Å²) in [5.74, 6) is 0. The first-order chi connectivity index (χ1) is 17.4. The van der Waals surface area contributed by atoms with Crippen LogP contribution >= 0.6 is 0 Å². The lowest BCUT2D eigenvalue weighted by Gasteiger charge is -2.29. The summed E-state index contributed by atoms with van der Waals surface area (Å²) < 4.78 is 0.